The van der Waals surface area contributed by atoms with Crippen molar-refractivity contribution in [2.45, 2.75) is 39.3 Å². The molecule has 0 rings (SSSR count). The fourth-order valence-corrected chi connectivity index (χ4v) is 0.821. The minimum absolute atomic E-state index is 0. The maximum absolute atomic E-state index is 11.3. The second-order valence-electron chi connectivity index (χ2n) is 3.02. The van der Waals surface area contributed by atoms with Crippen LogP contribution < -0.4 is 10.6 Å². The molecule has 0 bridgehead atoms. The Labute approximate surface area is 110 Å². The predicted octanol–water partition coefficient (Wildman–Crippen LogP) is -0.0136. The van der Waals surface area contributed by atoms with Crippen LogP contribution in [0.3, 0.4) is 0 Å². The van der Waals surface area contributed by atoms with E-state index in [4.69, 9.17) is 0 Å². The Morgan fingerprint density at radius 2 is 2.00 bits per heavy atom. The van der Waals surface area contributed by atoms with Gasteiger partial charge in [0.25, 0.3) is 0 Å². The zero-order valence-corrected chi connectivity index (χ0v) is 11.8. The molecule has 2 unspecified atom stereocenters. The summed E-state index contributed by atoms with van der Waals surface area (Å²) in [7, 11) is 0. The van der Waals surface area contributed by atoms with Crippen LogP contribution in [-0.2, 0) is 42.3 Å². The van der Waals surface area contributed by atoms with E-state index in [2.05, 4.69) is 10.6 Å². The summed E-state index contributed by atoms with van der Waals surface area (Å²) in [6.45, 7) is 6.19. The van der Waals surface area contributed by atoms with Gasteiger partial charge in [-0.25, -0.2) is 6.29 Å². The number of rotatable bonds is 6. The van der Waals surface area contributed by atoms with Crippen molar-refractivity contribution >= 4 is 12.2 Å². The number of hydrogen-bond donors (Lipinski definition) is 2. The Hall–Kier alpha value is 0.204. The van der Waals surface area contributed by atoms with Crippen molar-refractivity contribution in [3.8, 4) is 0 Å². The topological polar surface area (TPSA) is 58.2 Å². The summed E-state index contributed by atoms with van der Waals surface area (Å²) in [5.41, 5.74) is 0. The molecule has 0 aromatic heterocycles. The maximum Gasteiger partial charge on any atom is 0.234 e. The van der Waals surface area contributed by atoms with E-state index < -0.39 is 6.04 Å². The van der Waals surface area contributed by atoms with Crippen LogP contribution in [0.2, 0.25) is 0 Å². The van der Waals surface area contributed by atoms with Crippen LogP contribution >= 0.6 is 0 Å². The van der Waals surface area contributed by atoms with Gasteiger partial charge in [-0.2, -0.15) is 0 Å². The van der Waals surface area contributed by atoms with Gasteiger partial charge in [0.1, 0.15) is 0 Å². The molecule has 1 amide bonds. The van der Waals surface area contributed by atoms with Crippen molar-refractivity contribution < 1.29 is 42.3 Å². The van der Waals surface area contributed by atoms with Crippen LogP contribution in [0.5, 0.6) is 0 Å². The molecule has 4 nitrogen and oxygen atoms in total. The number of carbonyl (C=O) groups excluding carboxylic acids is 2. The fourth-order valence-electron chi connectivity index (χ4n) is 0.821. The van der Waals surface area contributed by atoms with E-state index >= 15 is 0 Å². The SMILES string of the molecule is CCCNC(C)C(=O)NC(C)[C-]=O.[Y]. The Kier molecular flexibility index (Phi) is 11.6. The number of amides is 1. The molecule has 0 fully saturated rings. The van der Waals surface area contributed by atoms with E-state index in [0.717, 1.165) is 13.0 Å². The monoisotopic (exact) mass is 274 g/mol. The molecule has 2 N–H and O–H groups in total. The van der Waals surface area contributed by atoms with E-state index in [-0.39, 0.29) is 44.7 Å². The van der Waals surface area contributed by atoms with Gasteiger partial charge >= 0.3 is 0 Å². The van der Waals surface area contributed by atoms with Gasteiger partial charge in [-0.1, -0.05) is 19.9 Å². The van der Waals surface area contributed by atoms with E-state index in [1.165, 1.54) is 0 Å². The standard InChI is InChI=1S/C9H17N2O2.Y/c1-4-5-10-8(3)9(13)11-7(2)6-12;/h7-8,10H,4-5H2,1-3H3,(H,11,13);/q-1;. The maximum atomic E-state index is 11.3. The molecule has 5 heteroatoms. The number of carbonyl (C=O) groups is 1. The second-order valence-corrected chi connectivity index (χ2v) is 3.02. The van der Waals surface area contributed by atoms with E-state index in [9.17, 15) is 9.59 Å². The van der Waals surface area contributed by atoms with Crippen LogP contribution in [0.1, 0.15) is 27.2 Å². The Morgan fingerprint density at radius 3 is 2.43 bits per heavy atom. The van der Waals surface area contributed by atoms with Gasteiger partial charge in [-0.15, -0.1) is 0 Å². The van der Waals surface area contributed by atoms with Gasteiger partial charge < -0.3 is 15.4 Å². The van der Waals surface area contributed by atoms with Gasteiger partial charge in [0.2, 0.25) is 5.91 Å². The summed E-state index contributed by atoms with van der Waals surface area (Å²) >= 11 is 0. The van der Waals surface area contributed by atoms with Crippen molar-refractivity contribution in [2.75, 3.05) is 6.54 Å². The molecule has 0 aromatic carbocycles. The number of hydrogen-bond acceptors (Lipinski definition) is 3. The van der Waals surface area contributed by atoms with Crippen molar-refractivity contribution in [3.63, 3.8) is 0 Å². The molecule has 0 aliphatic carbocycles. The van der Waals surface area contributed by atoms with Crippen LogP contribution in [0.4, 0.5) is 0 Å². The number of nitrogens with one attached hydrogen (secondary N) is 2. The zero-order valence-electron chi connectivity index (χ0n) is 8.96. The molecule has 0 saturated carbocycles. The van der Waals surface area contributed by atoms with Crippen LogP contribution in [0.25, 0.3) is 0 Å². The van der Waals surface area contributed by atoms with Crippen LogP contribution in [0, 0.1) is 0 Å². The Morgan fingerprint density at radius 1 is 1.43 bits per heavy atom. The molecule has 14 heavy (non-hydrogen) atoms. The molecule has 0 spiro atoms. The Bertz CT molecular complexity index is 176. The third-order valence-corrected chi connectivity index (χ3v) is 1.63. The third kappa shape index (κ3) is 7.59. The van der Waals surface area contributed by atoms with E-state index in [1.807, 2.05) is 6.92 Å². The summed E-state index contributed by atoms with van der Waals surface area (Å²) in [5, 5.41) is 5.53. The first-order valence-corrected chi connectivity index (χ1v) is 4.53. The van der Waals surface area contributed by atoms with E-state index in [1.54, 1.807) is 20.1 Å². The van der Waals surface area contributed by atoms with Crippen molar-refractivity contribution in [3.05, 3.63) is 0 Å². The summed E-state index contributed by atoms with van der Waals surface area (Å²) in [5.74, 6) is -0.163. The van der Waals surface area contributed by atoms with Gasteiger partial charge in [-0.05, 0) is 19.9 Å². The molecular formula is C9H17N2O2Y-. The Balaban J connectivity index is 0. The molecule has 2 atom stereocenters. The minimum atomic E-state index is -0.529. The van der Waals surface area contributed by atoms with Crippen molar-refractivity contribution in [1.82, 2.24) is 10.6 Å². The summed E-state index contributed by atoms with van der Waals surface area (Å²) in [6, 6.07) is -0.783. The summed E-state index contributed by atoms with van der Waals surface area (Å²) in [6.07, 6.45) is 2.68. The van der Waals surface area contributed by atoms with Gasteiger partial charge in [0.05, 0.1) is 6.04 Å². The van der Waals surface area contributed by atoms with Gasteiger partial charge in [-0.3, -0.25) is 4.79 Å². The van der Waals surface area contributed by atoms with Crippen molar-refractivity contribution in [1.29, 1.82) is 0 Å². The average molecular weight is 274 g/mol. The molecule has 0 heterocycles. The quantitative estimate of drug-likeness (QED) is 0.670. The average Bonchev–Trinajstić information content (AvgIpc) is 2.13. The van der Waals surface area contributed by atoms with Gasteiger partial charge in [0, 0.05) is 32.7 Å². The predicted molar refractivity (Wildman–Crippen MR) is 51.1 cm³/mol. The molecule has 0 saturated heterocycles. The summed E-state index contributed by atoms with van der Waals surface area (Å²) in [4.78, 5) is 21.4. The zero-order chi connectivity index (χ0) is 10.3. The molecule has 0 aliphatic heterocycles. The fraction of sp³-hybridized carbons (Fsp3) is 0.778. The van der Waals surface area contributed by atoms with Crippen LogP contribution in [-0.4, -0.2) is 30.8 Å². The van der Waals surface area contributed by atoms with Crippen LogP contribution in [0.15, 0.2) is 0 Å². The first-order chi connectivity index (χ1) is 6.11. The molecule has 79 valence electrons. The molecule has 0 aliphatic rings. The molecular weight excluding hydrogens is 257 g/mol. The van der Waals surface area contributed by atoms with E-state index in [0.29, 0.717) is 0 Å². The third-order valence-electron chi connectivity index (χ3n) is 1.63. The smallest absolute Gasteiger partial charge is 0.234 e. The second kappa shape index (κ2) is 9.75. The largest absolute Gasteiger partial charge is 0.540 e. The van der Waals surface area contributed by atoms with Gasteiger partial charge in [0.15, 0.2) is 0 Å². The molecule has 1 radical (unpaired) electrons. The first kappa shape index (κ1) is 16.6. The van der Waals surface area contributed by atoms with Crippen molar-refractivity contribution in [2.24, 2.45) is 0 Å². The summed E-state index contributed by atoms with van der Waals surface area (Å²) < 4.78 is 0. The normalized spacial score (nSPS) is 13.6. The molecule has 0 aromatic rings. The first-order valence-electron chi connectivity index (χ1n) is 4.53. The minimum Gasteiger partial charge on any atom is -0.540 e.